The lowest BCUT2D eigenvalue weighted by Gasteiger charge is -2.17. The third kappa shape index (κ3) is 2.29. The second-order valence-corrected chi connectivity index (χ2v) is 6.03. The maximum absolute atomic E-state index is 12.2. The Morgan fingerprint density at radius 3 is 2.26 bits per heavy atom. The van der Waals surface area contributed by atoms with Gasteiger partial charge in [-0.15, -0.1) is 0 Å². The third-order valence-electron chi connectivity index (χ3n) is 4.62. The van der Waals surface area contributed by atoms with Crippen molar-refractivity contribution in [1.82, 2.24) is 5.32 Å². The summed E-state index contributed by atoms with van der Waals surface area (Å²) in [6.07, 6.45) is 6.92. The maximum Gasteiger partial charge on any atom is 0.259 e. The number of allylic oxidation sites excluding steroid dienone is 2. The summed E-state index contributed by atoms with van der Waals surface area (Å²) in [5.74, 6) is -0.603. The SMILES string of the molecule is O=C1NC(=O)c2c1cccc2-c1ccccc1C1=CCCCC1. The molecule has 0 spiro atoms. The Bertz CT molecular complexity index is 848. The summed E-state index contributed by atoms with van der Waals surface area (Å²) in [5.41, 5.74) is 5.36. The quantitative estimate of drug-likeness (QED) is 0.845. The number of carbonyl (C=O) groups excluding carboxylic acids is 2. The van der Waals surface area contributed by atoms with Crippen LogP contribution >= 0.6 is 0 Å². The zero-order chi connectivity index (χ0) is 15.8. The van der Waals surface area contributed by atoms with E-state index >= 15 is 0 Å². The van der Waals surface area contributed by atoms with Gasteiger partial charge in [-0.1, -0.05) is 42.5 Å². The predicted octanol–water partition coefficient (Wildman–Crippen LogP) is 4.19. The van der Waals surface area contributed by atoms with E-state index in [1.807, 2.05) is 30.3 Å². The second-order valence-electron chi connectivity index (χ2n) is 6.03. The van der Waals surface area contributed by atoms with E-state index in [1.54, 1.807) is 6.07 Å². The fourth-order valence-electron chi connectivity index (χ4n) is 3.52. The Balaban J connectivity index is 1.92. The summed E-state index contributed by atoms with van der Waals surface area (Å²) in [5, 5.41) is 2.40. The Morgan fingerprint density at radius 1 is 0.739 bits per heavy atom. The minimum Gasteiger partial charge on any atom is -0.288 e. The van der Waals surface area contributed by atoms with Crippen LogP contribution in [0, 0.1) is 0 Å². The molecule has 1 aliphatic carbocycles. The normalized spacial score (nSPS) is 16.8. The van der Waals surface area contributed by atoms with Gasteiger partial charge in [0, 0.05) is 0 Å². The molecule has 0 aromatic heterocycles. The first-order valence-corrected chi connectivity index (χ1v) is 8.03. The number of hydrogen-bond donors (Lipinski definition) is 1. The molecule has 0 saturated heterocycles. The van der Waals surface area contributed by atoms with Crippen LogP contribution in [0.5, 0.6) is 0 Å². The number of amides is 2. The van der Waals surface area contributed by atoms with Crippen molar-refractivity contribution < 1.29 is 9.59 Å². The zero-order valence-corrected chi connectivity index (χ0v) is 12.8. The molecule has 2 aromatic carbocycles. The minimum absolute atomic E-state index is 0.298. The van der Waals surface area contributed by atoms with Gasteiger partial charge in [-0.25, -0.2) is 0 Å². The van der Waals surface area contributed by atoms with Crippen molar-refractivity contribution in [2.24, 2.45) is 0 Å². The van der Waals surface area contributed by atoms with Gasteiger partial charge in [0.2, 0.25) is 0 Å². The van der Waals surface area contributed by atoms with Crippen molar-refractivity contribution in [3.8, 4) is 11.1 Å². The van der Waals surface area contributed by atoms with Crippen molar-refractivity contribution in [2.75, 3.05) is 0 Å². The molecule has 3 nitrogen and oxygen atoms in total. The fourth-order valence-corrected chi connectivity index (χ4v) is 3.52. The van der Waals surface area contributed by atoms with Crippen molar-refractivity contribution in [3.63, 3.8) is 0 Å². The molecule has 0 saturated carbocycles. The third-order valence-corrected chi connectivity index (χ3v) is 4.62. The first-order chi connectivity index (χ1) is 11.3. The topological polar surface area (TPSA) is 46.2 Å². The smallest absolute Gasteiger partial charge is 0.259 e. The number of fused-ring (bicyclic) bond motifs is 1. The van der Waals surface area contributed by atoms with Crippen LogP contribution in [0.4, 0.5) is 0 Å². The van der Waals surface area contributed by atoms with Gasteiger partial charge >= 0.3 is 0 Å². The first kappa shape index (κ1) is 13.9. The molecule has 2 aliphatic rings. The van der Waals surface area contributed by atoms with Crippen molar-refractivity contribution >= 4 is 17.4 Å². The Kier molecular flexibility index (Phi) is 3.34. The Hall–Kier alpha value is -2.68. The molecule has 2 amide bonds. The maximum atomic E-state index is 12.2. The molecule has 114 valence electrons. The lowest BCUT2D eigenvalue weighted by Crippen LogP contribution is -2.20. The van der Waals surface area contributed by atoms with E-state index in [1.165, 1.54) is 24.0 Å². The number of imide groups is 1. The molecule has 0 unspecified atom stereocenters. The Labute approximate surface area is 135 Å². The Morgan fingerprint density at radius 2 is 1.48 bits per heavy atom. The van der Waals surface area contributed by atoms with Gasteiger partial charge in [-0.05, 0) is 54.0 Å². The predicted molar refractivity (Wildman–Crippen MR) is 90.1 cm³/mol. The number of carbonyl (C=O) groups is 2. The monoisotopic (exact) mass is 303 g/mol. The highest BCUT2D eigenvalue weighted by Gasteiger charge is 2.30. The number of hydrogen-bond acceptors (Lipinski definition) is 2. The van der Waals surface area contributed by atoms with E-state index < -0.39 is 0 Å². The zero-order valence-electron chi connectivity index (χ0n) is 12.8. The lowest BCUT2D eigenvalue weighted by atomic mass is 9.86. The number of rotatable bonds is 2. The highest BCUT2D eigenvalue weighted by atomic mass is 16.2. The van der Waals surface area contributed by atoms with Gasteiger partial charge in [-0.3, -0.25) is 14.9 Å². The standard InChI is InChI=1S/C20H17NO2/c22-19-17-12-6-11-16(18(17)20(23)21-19)15-10-5-4-9-14(15)13-7-2-1-3-8-13/h4-7,9-12H,1-3,8H2,(H,21,22,23). The lowest BCUT2D eigenvalue weighted by molar-refractivity contribution is 0.0880. The van der Waals surface area contributed by atoms with Crippen LogP contribution in [-0.2, 0) is 0 Å². The summed E-state index contributed by atoms with van der Waals surface area (Å²) < 4.78 is 0. The molecule has 4 rings (SSSR count). The molecule has 2 aromatic rings. The van der Waals surface area contributed by atoms with Gasteiger partial charge in [0.1, 0.15) is 0 Å². The highest BCUT2D eigenvalue weighted by molar-refractivity contribution is 6.24. The molecule has 1 aliphatic heterocycles. The average Bonchev–Trinajstić information content (AvgIpc) is 2.90. The molecule has 0 radical (unpaired) electrons. The summed E-state index contributed by atoms with van der Waals surface area (Å²) in [7, 11) is 0. The van der Waals surface area contributed by atoms with Gasteiger partial charge in [0.25, 0.3) is 11.8 Å². The van der Waals surface area contributed by atoms with E-state index in [0.29, 0.717) is 11.1 Å². The van der Waals surface area contributed by atoms with Gasteiger partial charge in [0.15, 0.2) is 0 Å². The van der Waals surface area contributed by atoms with Crippen LogP contribution in [-0.4, -0.2) is 11.8 Å². The van der Waals surface area contributed by atoms with Crippen LogP contribution < -0.4 is 5.32 Å². The van der Waals surface area contributed by atoms with E-state index in [0.717, 1.165) is 24.0 Å². The van der Waals surface area contributed by atoms with E-state index in [9.17, 15) is 9.59 Å². The highest BCUT2D eigenvalue weighted by Crippen LogP contribution is 2.37. The minimum atomic E-state index is -0.304. The van der Waals surface area contributed by atoms with Crippen LogP contribution in [0.2, 0.25) is 0 Å². The molecule has 3 heteroatoms. The van der Waals surface area contributed by atoms with Crippen molar-refractivity contribution in [2.45, 2.75) is 25.7 Å². The molecule has 0 bridgehead atoms. The summed E-state index contributed by atoms with van der Waals surface area (Å²) in [6, 6.07) is 13.6. The first-order valence-electron chi connectivity index (χ1n) is 8.03. The van der Waals surface area contributed by atoms with E-state index in [2.05, 4.69) is 17.5 Å². The van der Waals surface area contributed by atoms with Gasteiger partial charge in [0.05, 0.1) is 11.1 Å². The number of nitrogens with one attached hydrogen (secondary N) is 1. The van der Waals surface area contributed by atoms with E-state index in [4.69, 9.17) is 0 Å². The van der Waals surface area contributed by atoms with Crippen molar-refractivity contribution in [1.29, 1.82) is 0 Å². The molecular formula is C20H17NO2. The molecule has 1 heterocycles. The summed E-state index contributed by atoms with van der Waals surface area (Å²) in [4.78, 5) is 24.1. The van der Waals surface area contributed by atoms with Crippen LogP contribution in [0.3, 0.4) is 0 Å². The molecule has 1 N–H and O–H groups in total. The summed E-state index contributed by atoms with van der Waals surface area (Å²) in [6.45, 7) is 0. The summed E-state index contributed by atoms with van der Waals surface area (Å²) >= 11 is 0. The second kappa shape index (κ2) is 5.51. The fraction of sp³-hybridized carbons (Fsp3) is 0.200. The van der Waals surface area contributed by atoms with Crippen LogP contribution in [0.15, 0.2) is 48.5 Å². The largest absolute Gasteiger partial charge is 0.288 e. The average molecular weight is 303 g/mol. The van der Waals surface area contributed by atoms with Gasteiger partial charge in [-0.2, -0.15) is 0 Å². The molecule has 0 fully saturated rings. The molecular weight excluding hydrogens is 286 g/mol. The van der Waals surface area contributed by atoms with Crippen LogP contribution in [0.1, 0.15) is 52.0 Å². The number of benzene rings is 2. The molecule has 23 heavy (non-hydrogen) atoms. The van der Waals surface area contributed by atoms with Crippen LogP contribution in [0.25, 0.3) is 16.7 Å². The van der Waals surface area contributed by atoms with E-state index in [-0.39, 0.29) is 11.8 Å². The molecule has 0 atom stereocenters. The van der Waals surface area contributed by atoms with Crippen molar-refractivity contribution in [3.05, 3.63) is 65.2 Å². The van der Waals surface area contributed by atoms with Gasteiger partial charge < -0.3 is 0 Å².